The Morgan fingerprint density at radius 2 is 1.73 bits per heavy atom. The lowest BCUT2D eigenvalue weighted by Crippen LogP contribution is -2.21. The predicted octanol–water partition coefficient (Wildman–Crippen LogP) is 2.96. The number of rotatable bonds is 8. The topological polar surface area (TPSA) is 134 Å². The van der Waals surface area contributed by atoms with Crippen LogP contribution in [-0.2, 0) is 14.3 Å². The molecule has 0 aliphatic carbocycles. The van der Waals surface area contributed by atoms with Gasteiger partial charge in [0, 0.05) is 17.8 Å². The van der Waals surface area contributed by atoms with E-state index in [0.717, 1.165) is 6.07 Å². The second-order valence-corrected chi connectivity index (χ2v) is 6.30. The first-order valence-electron chi connectivity index (χ1n) is 8.81. The van der Waals surface area contributed by atoms with Crippen molar-refractivity contribution in [2.24, 2.45) is 0 Å². The average Bonchev–Trinajstić information content (AvgIpc) is 2.71. The van der Waals surface area contributed by atoms with E-state index in [2.05, 4.69) is 5.32 Å². The highest BCUT2D eigenvalue weighted by Crippen LogP contribution is 2.24. The highest BCUT2D eigenvalue weighted by molar-refractivity contribution is 5.97. The van der Waals surface area contributed by atoms with Crippen molar-refractivity contribution in [2.45, 2.75) is 20.0 Å². The van der Waals surface area contributed by atoms with E-state index in [-0.39, 0.29) is 23.1 Å². The van der Waals surface area contributed by atoms with Crippen LogP contribution in [0.4, 0.5) is 11.4 Å². The van der Waals surface area contributed by atoms with Crippen LogP contribution in [0, 0.1) is 10.1 Å². The van der Waals surface area contributed by atoms with Gasteiger partial charge in [0.2, 0.25) is 0 Å². The van der Waals surface area contributed by atoms with Crippen LogP contribution in [0.15, 0.2) is 42.5 Å². The largest absolute Gasteiger partial charge is 0.496 e. The fraction of sp³-hybridized carbons (Fsp3) is 0.250. The van der Waals surface area contributed by atoms with Crippen LogP contribution in [0.25, 0.3) is 0 Å². The van der Waals surface area contributed by atoms with E-state index in [1.807, 2.05) is 0 Å². The monoisotopic (exact) mass is 416 g/mol. The van der Waals surface area contributed by atoms with Gasteiger partial charge in [-0.3, -0.25) is 14.9 Å². The zero-order valence-corrected chi connectivity index (χ0v) is 16.5. The Labute approximate surface area is 171 Å². The number of hydrogen-bond donors (Lipinski definition) is 1. The lowest BCUT2D eigenvalue weighted by atomic mass is 10.2. The molecule has 10 heteroatoms. The normalized spacial score (nSPS) is 10.3. The van der Waals surface area contributed by atoms with Gasteiger partial charge in [-0.05, 0) is 44.2 Å². The van der Waals surface area contributed by atoms with Gasteiger partial charge in [0.25, 0.3) is 11.6 Å². The van der Waals surface area contributed by atoms with E-state index in [0.29, 0.717) is 11.3 Å². The molecule has 0 fully saturated rings. The number of nitrogens with one attached hydrogen (secondary N) is 1. The smallest absolute Gasteiger partial charge is 0.342 e. The van der Waals surface area contributed by atoms with Crippen LogP contribution in [0.1, 0.15) is 34.6 Å². The third-order valence-corrected chi connectivity index (χ3v) is 3.70. The molecule has 0 aliphatic heterocycles. The maximum atomic E-state index is 12.2. The fourth-order valence-corrected chi connectivity index (χ4v) is 2.35. The first-order valence-corrected chi connectivity index (χ1v) is 8.81. The molecule has 0 bridgehead atoms. The second kappa shape index (κ2) is 10.0. The van der Waals surface area contributed by atoms with Crippen LogP contribution >= 0.6 is 0 Å². The zero-order chi connectivity index (χ0) is 22.3. The SMILES string of the molecule is COc1ccc([N+](=O)[O-])cc1C(=O)OCC(=O)Nc1ccc(C(=O)OC(C)C)cc1. The third-order valence-electron chi connectivity index (χ3n) is 3.70. The summed E-state index contributed by atoms with van der Waals surface area (Å²) < 4.78 is 15.0. The number of ether oxygens (including phenoxy) is 3. The molecular weight excluding hydrogens is 396 g/mol. The summed E-state index contributed by atoms with van der Waals surface area (Å²) in [6, 6.07) is 9.43. The number of benzene rings is 2. The predicted molar refractivity (Wildman–Crippen MR) is 106 cm³/mol. The number of hydrogen-bond acceptors (Lipinski definition) is 8. The number of carbonyl (C=O) groups is 3. The minimum absolute atomic E-state index is 0.0786. The van der Waals surface area contributed by atoms with Gasteiger partial charge in [-0.2, -0.15) is 0 Å². The Hall–Kier alpha value is -3.95. The van der Waals surface area contributed by atoms with Gasteiger partial charge in [0.1, 0.15) is 11.3 Å². The summed E-state index contributed by atoms with van der Waals surface area (Å²) >= 11 is 0. The standard InChI is InChI=1S/C20H20N2O8/c1-12(2)30-19(24)13-4-6-14(7-5-13)21-18(23)11-29-20(25)16-10-15(22(26)27)8-9-17(16)28-3/h4-10,12H,11H2,1-3H3,(H,21,23). The van der Waals surface area contributed by atoms with E-state index in [1.54, 1.807) is 13.8 Å². The van der Waals surface area contributed by atoms with E-state index >= 15 is 0 Å². The lowest BCUT2D eigenvalue weighted by molar-refractivity contribution is -0.384. The van der Waals surface area contributed by atoms with Crippen molar-refractivity contribution < 1.29 is 33.5 Å². The summed E-state index contributed by atoms with van der Waals surface area (Å²) in [6.45, 7) is 2.84. The molecule has 0 radical (unpaired) electrons. The quantitative estimate of drug-likeness (QED) is 0.394. The molecule has 0 spiro atoms. The molecule has 10 nitrogen and oxygen atoms in total. The van der Waals surface area contributed by atoms with Crippen molar-refractivity contribution in [3.63, 3.8) is 0 Å². The van der Waals surface area contributed by atoms with Crippen molar-refractivity contribution in [1.29, 1.82) is 0 Å². The molecular formula is C20H20N2O8. The molecule has 158 valence electrons. The average molecular weight is 416 g/mol. The first-order chi connectivity index (χ1) is 14.2. The molecule has 30 heavy (non-hydrogen) atoms. The van der Waals surface area contributed by atoms with Crippen molar-refractivity contribution in [3.05, 3.63) is 63.7 Å². The maximum Gasteiger partial charge on any atom is 0.342 e. The Morgan fingerprint density at radius 3 is 2.30 bits per heavy atom. The van der Waals surface area contributed by atoms with Crippen molar-refractivity contribution >= 4 is 29.2 Å². The lowest BCUT2D eigenvalue weighted by Gasteiger charge is -2.10. The molecule has 0 saturated carbocycles. The van der Waals surface area contributed by atoms with Gasteiger partial charge < -0.3 is 19.5 Å². The number of esters is 2. The van der Waals surface area contributed by atoms with Crippen LogP contribution in [0.5, 0.6) is 5.75 Å². The first kappa shape index (κ1) is 22.3. The highest BCUT2D eigenvalue weighted by atomic mass is 16.6. The van der Waals surface area contributed by atoms with Gasteiger partial charge >= 0.3 is 11.9 Å². The molecule has 2 aromatic carbocycles. The summed E-state index contributed by atoms with van der Waals surface area (Å²) in [7, 11) is 1.30. The maximum absolute atomic E-state index is 12.2. The second-order valence-electron chi connectivity index (χ2n) is 6.30. The Morgan fingerprint density at radius 1 is 1.07 bits per heavy atom. The van der Waals surface area contributed by atoms with Gasteiger partial charge in [0.15, 0.2) is 6.61 Å². The summed E-state index contributed by atoms with van der Waals surface area (Å²) in [5, 5.41) is 13.4. The summed E-state index contributed by atoms with van der Waals surface area (Å²) in [5.41, 5.74) is 0.215. The number of amides is 1. The van der Waals surface area contributed by atoms with Gasteiger partial charge in [-0.15, -0.1) is 0 Å². The molecule has 2 aromatic rings. The molecule has 0 saturated heterocycles. The van der Waals surface area contributed by atoms with Gasteiger partial charge in [-0.1, -0.05) is 0 Å². The van der Waals surface area contributed by atoms with Crippen molar-refractivity contribution in [1.82, 2.24) is 0 Å². The summed E-state index contributed by atoms with van der Waals surface area (Å²) in [4.78, 5) is 46.2. The Bertz CT molecular complexity index is 954. The van der Waals surface area contributed by atoms with E-state index < -0.39 is 29.4 Å². The number of nitro benzene ring substituents is 1. The molecule has 1 amide bonds. The Balaban J connectivity index is 1.96. The summed E-state index contributed by atoms with van der Waals surface area (Å²) in [6.07, 6.45) is -0.253. The minimum atomic E-state index is -0.947. The van der Waals surface area contributed by atoms with Gasteiger partial charge in [0.05, 0.1) is 23.7 Å². The van der Waals surface area contributed by atoms with Crippen LogP contribution in [-0.4, -0.2) is 42.6 Å². The molecule has 0 aromatic heterocycles. The highest BCUT2D eigenvalue weighted by Gasteiger charge is 2.20. The zero-order valence-electron chi connectivity index (χ0n) is 16.5. The molecule has 2 rings (SSSR count). The van der Waals surface area contributed by atoms with Crippen LogP contribution in [0.3, 0.4) is 0 Å². The number of nitro groups is 1. The number of anilines is 1. The van der Waals surface area contributed by atoms with E-state index in [1.165, 1.54) is 43.5 Å². The molecule has 0 atom stereocenters. The Kier molecular flexibility index (Phi) is 7.45. The number of non-ortho nitro benzene ring substituents is 1. The van der Waals surface area contributed by atoms with Crippen LogP contribution in [0.2, 0.25) is 0 Å². The number of nitrogens with zero attached hydrogens (tertiary/aromatic N) is 1. The van der Waals surface area contributed by atoms with Crippen molar-refractivity contribution in [3.8, 4) is 5.75 Å². The van der Waals surface area contributed by atoms with E-state index in [9.17, 15) is 24.5 Å². The third kappa shape index (κ3) is 6.03. The molecule has 1 N–H and O–H groups in total. The van der Waals surface area contributed by atoms with Crippen molar-refractivity contribution in [2.75, 3.05) is 19.0 Å². The molecule has 0 aliphatic rings. The summed E-state index contributed by atoms with van der Waals surface area (Å²) in [5.74, 6) is -1.99. The van der Waals surface area contributed by atoms with Crippen LogP contribution < -0.4 is 10.1 Å². The van der Waals surface area contributed by atoms with Gasteiger partial charge in [-0.25, -0.2) is 9.59 Å². The number of methoxy groups -OCH3 is 1. The molecule has 0 unspecified atom stereocenters. The number of carbonyl (C=O) groups excluding carboxylic acids is 3. The minimum Gasteiger partial charge on any atom is -0.496 e. The van der Waals surface area contributed by atoms with E-state index in [4.69, 9.17) is 14.2 Å². The fourth-order valence-electron chi connectivity index (χ4n) is 2.35. The molecule has 0 heterocycles.